The average Bonchev–Trinajstić information content (AvgIpc) is 2.87. The van der Waals surface area contributed by atoms with Gasteiger partial charge in [-0.1, -0.05) is 18.2 Å². The largest absolute Gasteiger partial charge is 0.485 e. The second-order valence-electron chi connectivity index (χ2n) is 8.20. The first-order valence-electron chi connectivity index (χ1n) is 10.3. The number of rotatable bonds is 4. The Morgan fingerprint density at radius 1 is 1.17 bits per heavy atom. The Hall–Kier alpha value is -2.97. The summed E-state index contributed by atoms with van der Waals surface area (Å²) in [6.07, 6.45) is 2.17. The van der Waals surface area contributed by atoms with Crippen molar-refractivity contribution < 1.29 is 19.1 Å². The fourth-order valence-corrected chi connectivity index (χ4v) is 4.04. The van der Waals surface area contributed by atoms with Crippen molar-refractivity contribution in [2.24, 2.45) is 5.73 Å². The second kappa shape index (κ2) is 9.23. The lowest BCUT2D eigenvalue weighted by atomic mass is 9.90. The van der Waals surface area contributed by atoms with Crippen LogP contribution in [0.25, 0.3) is 0 Å². The summed E-state index contributed by atoms with van der Waals surface area (Å²) < 4.78 is 6.49. The van der Waals surface area contributed by atoms with Gasteiger partial charge in [0.15, 0.2) is 0 Å². The van der Waals surface area contributed by atoms with E-state index in [9.17, 15) is 14.4 Å². The van der Waals surface area contributed by atoms with E-state index in [0.29, 0.717) is 58.4 Å². The molecule has 0 saturated carbocycles. The molecule has 0 aliphatic carbocycles. The number of carbonyl (C=O) groups excluding carboxylic acids is 3. The predicted octanol–water partition coefficient (Wildman–Crippen LogP) is 1.37. The molecular formula is C21H31N5O4. The van der Waals surface area contributed by atoms with E-state index in [4.69, 9.17) is 10.5 Å². The van der Waals surface area contributed by atoms with Crippen molar-refractivity contribution in [2.45, 2.75) is 37.8 Å². The highest BCUT2D eigenvalue weighted by Gasteiger charge is 2.42. The number of primary amides is 1. The highest BCUT2D eigenvalue weighted by atomic mass is 16.5. The van der Waals surface area contributed by atoms with Gasteiger partial charge in [-0.05, 0) is 12.5 Å². The van der Waals surface area contributed by atoms with Crippen LogP contribution in [0.1, 0.15) is 31.2 Å². The topological polar surface area (TPSA) is 108 Å². The number of nitrogens with zero attached hydrogens (tertiary/aromatic N) is 3. The number of urea groups is 2. The first-order valence-corrected chi connectivity index (χ1v) is 10.3. The van der Waals surface area contributed by atoms with Crippen LogP contribution in [0.5, 0.6) is 5.75 Å². The van der Waals surface area contributed by atoms with E-state index in [1.807, 2.05) is 34.1 Å². The third kappa shape index (κ3) is 5.14. The SMILES string of the molecule is CN(C)C(=O)N1CCC2(CC1)CN(C(=O)CCCNC(N)=O)Cc1ccccc1O2. The maximum atomic E-state index is 12.9. The Kier molecular flexibility index (Phi) is 6.69. The van der Waals surface area contributed by atoms with Crippen LogP contribution < -0.4 is 15.8 Å². The van der Waals surface area contributed by atoms with E-state index in [2.05, 4.69) is 5.32 Å². The molecular weight excluding hydrogens is 386 g/mol. The van der Waals surface area contributed by atoms with Crippen molar-refractivity contribution in [3.63, 3.8) is 0 Å². The zero-order valence-corrected chi connectivity index (χ0v) is 17.7. The molecule has 0 bridgehead atoms. The molecule has 1 aromatic carbocycles. The normalized spacial score (nSPS) is 17.5. The number of hydrogen-bond acceptors (Lipinski definition) is 4. The summed E-state index contributed by atoms with van der Waals surface area (Å²) in [5.74, 6) is 0.823. The monoisotopic (exact) mass is 417 g/mol. The van der Waals surface area contributed by atoms with Crippen LogP contribution in [-0.4, -0.2) is 78.5 Å². The summed E-state index contributed by atoms with van der Waals surface area (Å²) >= 11 is 0. The number of amides is 5. The van der Waals surface area contributed by atoms with Gasteiger partial charge >= 0.3 is 12.1 Å². The number of piperidine rings is 1. The molecule has 1 spiro atoms. The number of fused-ring (bicyclic) bond motifs is 1. The van der Waals surface area contributed by atoms with Crippen molar-refractivity contribution >= 4 is 18.0 Å². The Morgan fingerprint density at radius 2 is 1.87 bits per heavy atom. The fourth-order valence-electron chi connectivity index (χ4n) is 4.04. The van der Waals surface area contributed by atoms with Crippen molar-refractivity contribution in [3.8, 4) is 5.75 Å². The molecule has 0 radical (unpaired) electrons. The number of carbonyl (C=O) groups is 3. The molecule has 1 aromatic rings. The lowest BCUT2D eigenvalue weighted by Crippen LogP contribution is -2.56. The highest BCUT2D eigenvalue weighted by molar-refractivity contribution is 5.77. The zero-order chi connectivity index (χ0) is 21.7. The number of benzene rings is 1. The lowest BCUT2D eigenvalue weighted by molar-refractivity contribution is -0.135. The number of nitrogens with one attached hydrogen (secondary N) is 1. The summed E-state index contributed by atoms with van der Waals surface area (Å²) in [5, 5.41) is 2.52. The molecule has 164 valence electrons. The summed E-state index contributed by atoms with van der Waals surface area (Å²) in [4.78, 5) is 41.3. The van der Waals surface area contributed by atoms with Crippen LogP contribution in [0.15, 0.2) is 24.3 Å². The molecule has 3 rings (SSSR count). The molecule has 0 aromatic heterocycles. The minimum Gasteiger partial charge on any atom is -0.485 e. The number of para-hydroxylation sites is 1. The van der Waals surface area contributed by atoms with Crippen molar-refractivity contribution in [3.05, 3.63) is 29.8 Å². The molecule has 3 N–H and O–H groups in total. The Labute approximate surface area is 177 Å². The smallest absolute Gasteiger partial charge is 0.319 e. The molecule has 1 fully saturated rings. The molecule has 0 atom stereocenters. The van der Waals surface area contributed by atoms with Gasteiger partial charge in [0.1, 0.15) is 11.4 Å². The standard InChI is InChI=1S/C21H31N5O4/c1-24(2)20(29)25-12-9-21(10-13-25)15-26(18(27)8-5-11-23-19(22)28)14-16-6-3-4-7-17(16)30-21/h3-4,6-7H,5,8-15H2,1-2H3,(H3,22,23,28). The van der Waals surface area contributed by atoms with Crippen LogP contribution in [0, 0.1) is 0 Å². The van der Waals surface area contributed by atoms with Gasteiger partial charge in [-0.25, -0.2) is 9.59 Å². The maximum Gasteiger partial charge on any atom is 0.319 e. The average molecular weight is 418 g/mol. The third-order valence-electron chi connectivity index (χ3n) is 5.69. The highest BCUT2D eigenvalue weighted by Crippen LogP contribution is 2.36. The summed E-state index contributed by atoms with van der Waals surface area (Å²) in [6, 6.07) is 7.21. The first-order chi connectivity index (χ1) is 14.3. The van der Waals surface area contributed by atoms with E-state index in [1.54, 1.807) is 19.0 Å². The Bertz CT molecular complexity index is 789. The number of nitrogens with two attached hydrogens (primary N) is 1. The predicted molar refractivity (Wildman–Crippen MR) is 112 cm³/mol. The van der Waals surface area contributed by atoms with Crippen molar-refractivity contribution in [1.82, 2.24) is 20.0 Å². The Morgan fingerprint density at radius 3 is 2.53 bits per heavy atom. The molecule has 9 heteroatoms. The molecule has 9 nitrogen and oxygen atoms in total. The van der Waals surface area contributed by atoms with E-state index in [1.165, 1.54) is 0 Å². The van der Waals surface area contributed by atoms with Gasteiger partial charge in [0.05, 0.1) is 6.54 Å². The van der Waals surface area contributed by atoms with Gasteiger partial charge in [0.25, 0.3) is 0 Å². The van der Waals surface area contributed by atoms with Gasteiger partial charge in [-0.2, -0.15) is 0 Å². The van der Waals surface area contributed by atoms with Gasteiger partial charge in [0.2, 0.25) is 5.91 Å². The van der Waals surface area contributed by atoms with Gasteiger partial charge < -0.3 is 30.5 Å². The Balaban J connectivity index is 1.72. The van der Waals surface area contributed by atoms with Crippen LogP contribution in [0.4, 0.5) is 9.59 Å². The number of likely N-dealkylation sites (tertiary alicyclic amines) is 1. The van der Waals surface area contributed by atoms with Gasteiger partial charge in [-0.3, -0.25) is 4.79 Å². The molecule has 0 unspecified atom stereocenters. The number of ether oxygens (including phenoxy) is 1. The summed E-state index contributed by atoms with van der Waals surface area (Å²) in [7, 11) is 3.50. The minimum atomic E-state index is -0.586. The molecule has 2 heterocycles. The van der Waals surface area contributed by atoms with Gasteiger partial charge in [-0.15, -0.1) is 0 Å². The van der Waals surface area contributed by atoms with Crippen LogP contribution in [0.3, 0.4) is 0 Å². The molecule has 2 aliphatic heterocycles. The van der Waals surface area contributed by atoms with E-state index >= 15 is 0 Å². The zero-order valence-electron chi connectivity index (χ0n) is 17.7. The third-order valence-corrected chi connectivity index (χ3v) is 5.69. The molecule has 30 heavy (non-hydrogen) atoms. The summed E-state index contributed by atoms with van der Waals surface area (Å²) in [5.41, 5.74) is 5.54. The molecule has 1 saturated heterocycles. The van der Waals surface area contributed by atoms with E-state index in [-0.39, 0.29) is 11.9 Å². The van der Waals surface area contributed by atoms with E-state index in [0.717, 1.165) is 11.3 Å². The molecule has 2 aliphatic rings. The van der Waals surface area contributed by atoms with Gasteiger partial charge in [0, 0.05) is 65.1 Å². The van der Waals surface area contributed by atoms with Crippen molar-refractivity contribution in [2.75, 3.05) is 40.3 Å². The fraction of sp³-hybridized carbons (Fsp3) is 0.571. The quantitative estimate of drug-likeness (QED) is 0.721. The summed E-state index contributed by atoms with van der Waals surface area (Å²) in [6.45, 7) is 2.51. The second-order valence-corrected chi connectivity index (χ2v) is 8.20. The van der Waals surface area contributed by atoms with Crippen LogP contribution >= 0.6 is 0 Å². The lowest BCUT2D eigenvalue weighted by Gasteiger charge is -2.43. The molecule has 5 amide bonds. The minimum absolute atomic E-state index is 0.00578. The van der Waals surface area contributed by atoms with Crippen LogP contribution in [0.2, 0.25) is 0 Å². The maximum absolute atomic E-state index is 12.9. The number of hydrogen-bond donors (Lipinski definition) is 2. The van der Waals surface area contributed by atoms with Crippen molar-refractivity contribution in [1.29, 1.82) is 0 Å². The first kappa shape index (κ1) is 21.7. The van der Waals surface area contributed by atoms with E-state index < -0.39 is 11.6 Å². The van der Waals surface area contributed by atoms with Crippen LogP contribution in [-0.2, 0) is 11.3 Å².